The summed E-state index contributed by atoms with van der Waals surface area (Å²) in [6, 6.07) is 12.4. The van der Waals surface area contributed by atoms with Crippen LogP contribution in [-0.2, 0) is 6.54 Å². The number of nitrogens with one attached hydrogen (secondary N) is 1. The average Bonchev–Trinajstić information content (AvgIpc) is 2.87. The molecule has 6 heteroatoms. The van der Waals surface area contributed by atoms with Crippen molar-refractivity contribution in [2.45, 2.75) is 20.4 Å². The van der Waals surface area contributed by atoms with Gasteiger partial charge >= 0.3 is 0 Å². The van der Waals surface area contributed by atoms with Crippen LogP contribution in [0.1, 0.15) is 27.3 Å². The highest BCUT2D eigenvalue weighted by atomic mass is 19.1. The average molecular weight is 341 g/mol. The predicted octanol–water partition coefficient (Wildman–Crippen LogP) is 3.70. The summed E-state index contributed by atoms with van der Waals surface area (Å²) in [5.74, 6) is -2.10. The number of hydrogen-bond donors (Lipinski definition) is 1. The molecule has 0 radical (unpaired) electrons. The number of benzene rings is 2. The zero-order chi connectivity index (χ0) is 18.0. The van der Waals surface area contributed by atoms with Crippen molar-refractivity contribution in [1.29, 1.82) is 0 Å². The van der Waals surface area contributed by atoms with Gasteiger partial charge in [-0.15, -0.1) is 0 Å². The van der Waals surface area contributed by atoms with Crippen molar-refractivity contribution in [2.75, 3.05) is 0 Å². The van der Waals surface area contributed by atoms with E-state index >= 15 is 0 Å². The quantitative estimate of drug-likeness (QED) is 0.787. The molecule has 4 nitrogen and oxygen atoms in total. The third kappa shape index (κ3) is 3.57. The Labute approximate surface area is 144 Å². The van der Waals surface area contributed by atoms with Gasteiger partial charge in [0.05, 0.1) is 11.4 Å². The van der Waals surface area contributed by atoms with Crippen LogP contribution in [0.25, 0.3) is 5.69 Å². The fourth-order valence-electron chi connectivity index (χ4n) is 2.71. The molecule has 1 heterocycles. The molecule has 1 N–H and O–H groups in total. The molecule has 0 unspecified atom stereocenters. The molecule has 0 bridgehead atoms. The molecule has 0 aliphatic rings. The molecule has 25 heavy (non-hydrogen) atoms. The Hall–Kier alpha value is -3.02. The maximum Gasteiger partial charge on any atom is 0.251 e. The number of halogens is 2. The minimum absolute atomic E-state index is 0.0525. The summed E-state index contributed by atoms with van der Waals surface area (Å²) in [5, 5.41) is 7.20. The van der Waals surface area contributed by atoms with Gasteiger partial charge in [-0.1, -0.05) is 18.2 Å². The highest BCUT2D eigenvalue weighted by molar-refractivity contribution is 5.94. The van der Waals surface area contributed by atoms with Gasteiger partial charge in [-0.05, 0) is 38.1 Å². The Morgan fingerprint density at radius 1 is 1.08 bits per heavy atom. The van der Waals surface area contributed by atoms with Crippen LogP contribution in [0.5, 0.6) is 0 Å². The third-order valence-electron chi connectivity index (χ3n) is 3.99. The molecule has 0 fully saturated rings. The van der Waals surface area contributed by atoms with Gasteiger partial charge in [0.2, 0.25) is 0 Å². The van der Waals surface area contributed by atoms with Crippen molar-refractivity contribution in [3.05, 3.63) is 82.7 Å². The van der Waals surface area contributed by atoms with Crippen molar-refractivity contribution >= 4 is 5.91 Å². The number of aromatic nitrogens is 2. The molecule has 0 atom stereocenters. The van der Waals surface area contributed by atoms with Crippen LogP contribution in [-0.4, -0.2) is 15.7 Å². The summed E-state index contributed by atoms with van der Waals surface area (Å²) in [6.07, 6.45) is 0. The molecule has 1 amide bonds. The summed E-state index contributed by atoms with van der Waals surface area (Å²) in [6.45, 7) is 3.99. The molecule has 2 aromatic carbocycles. The first-order valence-electron chi connectivity index (χ1n) is 7.80. The number of rotatable bonds is 4. The normalized spacial score (nSPS) is 10.7. The first-order valence-corrected chi connectivity index (χ1v) is 7.80. The van der Waals surface area contributed by atoms with Crippen molar-refractivity contribution in [2.24, 2.45) is 0 Å². The lowest BCUT2D eigenvalue weighted by atomic mass is 10.1. The molecular weight excluding hydrogens is 324 g/mol. The molecule has 0 spiro atoms. The van der Waals surface area contributed by atoms with Gasteiger partial charge in [-0.25, -0.2) is 13.5 Å². The Balaban J connectivity index is 1.80. The van der Waals surface area contributed by atoms with Crippen LogP contribution < -0.4 is 5.32 Å². The minimum atomic E-state index is -0.783. The Bertz CT molecular complexity index is 900. The van der Waals surface area contributed by atoms with Crippen LogP contribution in [0.3, 0.4) is 0 Å². The molecule has 0 aliphatic heterocycles. The fraction of sp³-hybridized carbons (Fsp3) is 0.158. The molecular formula is C19H17F2N3O. The van der Waals surface area contributed by atoms with E-state index in [1.807, 2.05) is 44.2 Å². The lowest BCUT2D eigenvalue weighted by Crippen LogP contribution is -2.23. The van der Waals surface area contributed by atoms with Crippen molar-refractivity contribution in [3.63, 3.8) is 0 Å². The number of aryl methyl sites for hydroxylation is 1. The van der Waals surface area contributed by atoms with E-state index in [4.69, 9.17) is 0 Å². The second-order valence-corrected chi connectivity index (χ2v) is 5.74. The highest BCUT2D eigenvalue weighted by Gasteiger charge is 2.15. The minimum Gasteiger partial charge on any atom is -0.348 e. The van der Waals surface area contributed by atoms with Gasteiger partial charge < -0.3 is 5.32 Å². The van der Waals surface area contributed by atoms with E-state index in [-0.39, 0.29) is 12.1 Å². The number of nitrogens with zero attached hydrogens (tertiary/aromatic N) is 2. The van der Waals surface area contributed by atoms with E-state index in [0.29, 0.717) is 0 Å². The maximum atomic E-state index is 13.2. The monoisotopic (exact) mass is 341 g/mol. The second-order valence-electron chi connectivity index (χ2n) is 5.74. The van der Waals surface area contributed by atoms with Gasteiger partial charge in [0.1, 0.15) is 11.6 Å². The topological polar surface area (TPSA) is 46.9 Å². The van der Waals surface area contributed by atoms with E-state index in [0.717, 1.165) is 40.8 Å². The van der Waals surface area contributed by atoms with Crippen LogP contribution in [0.15, 0.2) is 48.5 Å². The molecule has 1 aromatic heterocycles. The molecule has 128 valence electrons. The first kappa shape index (κ1) is 16.8. The van der Waals surface area contributed by atoms with E-state index < -0.39 is 17.5 Å². The summed E-state index contributed by atoms with van der Waals surface area (Å²) >= 11 is 0. The van der Waals surface area contributed by atoms with Crippen LogP contribution in [0, 0.1) is 25.5 Å². The summed E-state index contributed by atoms with van der Waals surface area (Å²) in [5.41, 5.74) is 3.42. The van der Waals surface area contributed by atoms with Crippen molar-refractivity contribution in [3.8, 4) is 5.69 Å². The third-order valence-corrected chi connectivity index (χ3v) is 3.99. The lowest BCUT2D eigenvalue weighted by Gasteiger charge is -2.07. The SMILES string of the molecule is Cc1nn(-c2ccccc2)c(C)c1CNC(=O)c1cc(F)cc(F)c1. The van der Waals surface area contributed by atoms with Gasteiger partial charge in [-0.3, -0.25) is 4.79 Å². The molecule has 0 saturated carbocycles. The smallest absolute Gasteiger partial charge is 0.251 e. The molecule has 0 saturated heterocycles. The Morgan fingerprint density at radius 2 is 1.72 bits per heavy atom. The first-order chi connectivity index (χ1) is 12.0. The number of carbonyl (C=O) groups excluding carboxylic acids is 1. The summed E-state index contributed by atoms with van der Waals surface area (Å²) in [4.78, 5) is 12.2. The van der Waals surface area contributed by atoms with E-state index in [1.54, 1.807) is 4.68 Å². The number of para-hydroxylation sites is 1. The van der Waals surface area contributed by atoms with Gasteiger partial charge in [0.15, 0.2) is 0 Å². The number of carbonyl (C=O) groups is 1. The van der Waals surface area contributed by atoms with Gasteiger partial charge in [-0.2, -0.15) is 5.10 Å². The molecule has 0 aliphatic carbocycles. The van der Waals surface area contributed by atoms with E-state index in [1.165, 1.54) is 0 Å². The number of hydrogen-bond acceptors (Lipinski definition) is 2. The van der Waals surface area contributed by atoms with Gasteiger partial charge in [0.25, 0.3) is 5.91 Å². The van der Waals surface area contributed by atoms with E-state index in [9.17, 15) is 13.6 Å². The summed E-state index contributed by atoms with van der Waals surface area (Å²) < 4.78 is 28.3. The maximum absolute atomic E-state index is 13.2. The fourth-order valence-corrected chi connectivity index (χ4v) is 2.71. The standard InChI is InChI=1S/C19H17F2N3O/c1-12-18(13(2)24(23-12)17-6-4-3-5-7-17)11-22-19(25)14-8-15(20)10-16(21)9-14/h3-10H,11H2,1-2H3,(H,22,25). The largest absolute Gasteiger partial charge is 0.348 e. The van der Waals surface area contributed by atoms with Gasteiger partial charge in [0, 0.05) is 29.4 Å². The zero-order valence-corrected chi connectivity index (χ0v) is 13.9. The molecule has 3 rings (SSSR count). The lowest BCUT2D eigenvalue weighted by molar-refractivity contribution is 0.0950. The Kier molecular flexibility index (Phi) is 4.61. The Morgan fingerprint density at radius 3 is 2.36 bits per heavy atom. The van der Waals surface area contributed by atoms with Crippen molar-refractivity contribution < 1.29 is 13.6 Å². The highest BCUT2D eigenvalue weighted by Crippen LogP contribution is 2.18. The molecule has 3 aromatic rings. The predicted molar refractivity (Wildman–Crippen MR) is 90.6 cm³/mol. The van der Waals surface area contributed by atoms with E-state index in [2.05, 4.69) is 10.4 Å². The summed E-state index contributed by atoms with van der Waals surface area (Å²) in [7, 11) is 0. The second kappa shape index (κ2) is 6.84. The number of amides is 1. The van der Waals surface area contributed by atoms with Crippen LogP contribution in [0.2, 0.25) is 0 Å². The van der Waals surface area contributed by atoms with Crippen LogP contribution in [0.4, 0.5) is 8.78 Å². The van der Waals surface area contributed by atoms with Crippen LogP contribution >= 0.6 is 0 Å². The van der Waals surface area contributed by atoms with Crippen molar-refractivity contribution in [1.82, 2.24) is 15.1 Å². The zero-order valence-electron chi connectivity index (χ0n) is 13.9.